The monoisotopic (exact) mass is 345 g/mol. The van der Waals surface area contributed by atoms with Crippen molar-refractivity contribution in [2.75, 3.05) is 13.7 Å². The minimum Gasteiger partial charge on any atom is -0.497 e. The fourth-order valence-corrected chi connectivity index (χ4v) is 2.54. The minimum atomic E-state index is -0.797. The zero-order chi connectivity index (χ0) is 18.2. The maximum absolute atomic E-state index is 13.2. The summed E-state index contributed by atoms with van der Waals surface area (Å²) >= 11 is 0. The van der Waals surface area contributed by atoms with E-state index in [9.17, 15) is 14.3 Å². The Morgan fingerprint density at radius 1 is 1.24 bits per heavy atom. The van der Waals surface area contributed by atoms with Crippen LogP contribution in [0.25, 0.3) is 0 Å². The standard InChI is InChI=1S/C20H24FNO3/c1-14(9-10-15-5-3-7-17(21)11-15)20(24)22-13-19(23)16-6-4-8-18(12-16)25-2/h3-8,11-12,14,19,23H,9-10,13H2,1-2H3,(H,22,24). The molecule has 134 valence electrons. The second-order valence-electron chi connectivity index (χ2n) is 6.11. The molecule has 0 saturated carbocycles. The Morgan fingerprint density at radius 3 is 2.72 bits per heavy atom. The van der Waals surface area contributed by atoms with Crippen LogP contribution in [0.1, 0.15) is 30.6 Å². The number of rotatable bonds is 8. The Bertz CT molecular complexity index is 705. The Hall–Kier alpha value is -2.40. The highest BCUT2D eigenvalue weighted by atomic mass is 19.1. The van der Waals surface area contributed by atoms with Crippen molar-refractivity contribution in [3.05, 3.63) is 65.5 Å². The van der Waals surface area contributed by atoms with Gasteiger partial charge in [0, 0.05) is 12.5 Å². The quantitative estimate of drug-likeness (QED) is 0.772. The Balaban J connectivity index is 1.80. The summed E-state index contributed by atoms with van der Waals surface area (Å²) in [5.41, 5.74) is 1.56. The van der Waals surface area contributed by atoms with E-state index in [-0.39, 0.29) is 24.2 Å². The lowest BCUT2D eigenvalue weighted by Gasteiger charge is -2.16. The van der Waals surface area contributed by atoms with E-state index < -0.39 is 6.10 Å². The van der Waals surface area contributed by atoms with E-state index in [1.807, 2.05) is 13.0 Å². The molecule has 1 amide bonds. The first-order chi connectivity index (χ1) is 12.0. The van der Waals surface area contributed by atoms with Gasteiger partial charge in [0.1, 0.15) is 11.6 Å². The average molecular weight is 345 g/mol. The van der Waals surface area contributed by atoms with Crippen LogP contribution in [0.3, 0.4) is 0 Å². The van der Waals surface area contributed by atoms with Crippen molar-refractivity contribution < 1.29 is 19.0 Å². The molecule has 0 aliphatic heterocycles. The lowest BCUT2D eigenvalue weighted by atomic mass is 10.00. The van der Waals surface area contributed by atoms with Gasteiger partial charge in [0.15, 0.2) is 0 Å². The molecule has 0 aliphatic rings. The maximum atomic E-state index is 13.2. The van der Waals surface area contributed by atoms with Crippen molar-refractivity contribution >= 4 is 5.91 Å². The van der Waals surface area contributed by atoms with Crippen molar-refractivity contribution in [2.24, 2.45) is 5.92 Å². The fraction of sp³-hybridized carbons (Fsp3) is 0.350. The number of carbonyl (C=O) groups excluding carboxylic acids is 1. The predicted octanol–water partition coefficient (Wildman–Crippen LogP) is 3.25. The number of methoxy groups -OCH3 is 1. The van der Waals surface area contributed by atoms with E-state index in [2.05, 4.69) is 5.32 Å². The molecule has 2 atom stereocenters. The van der Waals surface area contributed by atoms with Crippen LogP contribution in [0.15, 0.2) is 48.5 Å². The van der Waals surface area contributed by atoms with Gasteiger partial charge in [0.05, 0.1) is 13.2 Å². The number of aliphatic hydroxyl groups is 1. The number of hydrogen-bond acceptors (Lipinski definition) is 3. The van der Waals surface area contributed by atoms with Gasteiger partial charge in [-0.15, -0.1) is 0 Å². The molecule has 2 rings (SSSR count). The number of hydrogen-bond donors (Lipinski definition) is 2. The molecule has 5 heteroatoms. The molecule has 0 saturated heterocycles. The summed E-state index contributed by atoms with van der Waals surface area (Å²) in [6.45, 7) is 1.96. The number of aryl methyl sites for hydroxylation is 1. The van der Waals surface area contributed by atoms with Gasteiger partial charge in [-0.25, -0.2) is 4.39 Å². The molecule has 2 unspecified atom stereocenters. The predicted molar refractivity (Wildman–Crippen MR) is 94.8 cm³/mol. The van der Waals surface area contributed by atoms with Crippen LogP contribution >= 0.6 is 0 Å². The molecule has 0 heterocycles. The summed E-state index contributed by atoms with van der Waals surface area (Å²) in [6.07, 6.45) is 0.449. The zero-order valence-corrected chi connectivity index (χ0v) is 14.5. The molecule has 2 aromatic carbocycles. The molecule has 0 aromatic heterocycles. The maximum Gasteiger partial charge on any atom is 0.222 e. The molecule has 25 heavy (non-hydrogen) atoms. The van der Waals surface area contributed by atoms with Gasteiger partial charge in [0.2, 0.25) is 5.91 Å². The Kier molecular flexibility index (Phi) is 6.95. The van der Waals surface area contributed by atoms with Gasteiger partial charge in [-0.3, -0.25) is 4.79 Å². The van der Waals surface area contributed by atoms with E-state index >= 15 is 0 Å². The van der Waals surface area contributed by atoms with Gasteiger partial charge in [-0.2, -0.15) is 0 Å². The van der Waals surface area contributed by atoms with Crippen LogP contribution in [-0.2, 0) is 11.2 Å². The van der Waals surface area contributed by atoms with Crippen molar-refractivity contribution in [3.8, 4) is 5.75 Å². The Labute approximate surface area is 147 Å². The SMILES string of the molecule is COc1cccc(C(O)CNC(=O)C(C)CCc2cccc(F)c2)c1. The topological polar surface area (TPSA) is 58.6 Å². The summed E-state index contributed by atoms with van der Waals surface area (Å²) < 4.78 is 18.3. The third-order valence-corrected chi connectivity index (χ3v) is 4.15. The third kappa shape index (κ3) is 5.87. The van der Waals surface area contributed by atoms with E-state index in [4.69, 9.17) is 4.74 Å². The van der Waals surface area contributed by atoms with Crippen LogP contribution in [0.5, 0.6) is 5.75 Å². The van der Waals surface area contributed by atoms with Crippen molar-refractivity contribution in [2.45, 2.75) is 25.9 Å². The second kappa shape index (κ2) is 9.18. The van der Waals surface area contributed by atoms with E-state index in [1.54, 1.807) is 37.4 Å². The number of amides is 1. The van der Waals surface area contributed by atoms with Gasteiger partial charge >= 0.3 is 0 Å². The van der Waals surface area contributed by atoms with Crippen LogP contribution in [0, 0.1) is 11.7 Å². The molecule has 2 N–H and O–H groups in total. The fourth-order valence-electron chi connectivity index (χ4n) is 2.54. The number of ether oxygens (including phenoxy) is 1. The Morgan fingerprint density at radius 2 is 2.00 bits per heavy atom. The summed E-state index contributed by atoms with van der Waals surface area (Å²) in [7, 11) is 1.56. The molecule has 0 radical (unpaired) electrons. The van der Waals surface area contributed by atoms with Crippen molar-refractivity contribution in [3.63, 3.8) is 0 Å². The van der Waals surface area contributed by atoms with Gasteiger partial charge in [0.25, 0.3) is 0 Å². The summed E-state index contributed by atoms with van der Waals surface area (Å²) in [6, 6.07) is 13.5. The lowest BCUT2D eigenvalue weighted by Crippen LogP contribution is -2.33. The van der Waals surface area contributed by atoms with Gasteiger partial charge < -0.3 is 15.2 Å². The number of halogens is 1. The zero-order valence-electron chi connectivity index (χ0n) is 14.5. The van der Waals surface area contributed by atoms with E-state index in [0.717, 1.165) is 5.56 Å². The van der Waals surface area contributed by atoms with Gasteiger partial charge in [-0.1, -0.05) is 31.2 Å². The molecular formula is C20H24FNO3. The smallest absolute Gasteiger partial charge is 0.222 e. The molecule has 0 aliphatic carbocycles. The van der Waals surface area contributed by atoms with Crippen LogP contribution < -0.4 is 10.1 Å². The highest BCUT2D eigenvalue weighted by Crippen LogP contribution is 2.19. The highest BCUT2D eigenvalue weighted by Gasteiger charge is 2.15. The molecule has 0 fully saturated rings. The first-order valence-corrected chi connectivity index (χ1v) is 8.33. The first kappa shape index (κ1) is 18.9. The van der Waals surface area contributed by atoms with Crippen LogP contribution in [0.2, 0.25) is 0 Å². The van der Waals surface area contributed by atoms with Crippen LogP contribution in [0.4, 0.5) is 4.39 Å². The normalized spacial score (nSPS) is 13.1. The van der Waals surface area contributed by atoms with Crippen molar-refractivity contribution in [1.29, 1.82) is 0 Å². The number of aliphatic hydroxyl groups excluding tert-OH is 1. The number of benzene rings is 2. The summed E-state index contributed by atoms with van der Waals surface area (Å²) in [4.78, 5) is 12.2. The first-order valence-electron chi connectivity index (χ1n) is 8.33. The summed E-state index contributed by atoms with van der Waals surface area (Å²) in [5, 5.41) is 13.0. The van der Waals surface area contributed by atoms with E-state index in [0.29, 0.717) is 24.2 Å². The van der Waals surface area contributed by atoms with Crippen LogP contribution in [-0.4, -0.2) is 24.7 Å². The van der Waals surface area contributed by atoms with Gasteiger partial charge in [-0.05, 0) is 48.2 Å². The third-order valence-electron chi connectivity index (χ3n) is 4.15. The summed E-state index contributed by atoms with van der Waals surface area (Å²) in [5.74, 6) is 0.0430. The molecule has 2 aromatic rings. The molecule has 4 nitrogen and oxygen atoms in total. The largest absolute Gasteiger partial charge is 0.497 e. The van der Waals surface area contributed by atoms with Crippen molar-refractivity contribution in [1.82, 2.24) is 5.32 Å². The number of nitrogens with one attached hydrogen (secondary N) is 1. The number of carbonyl (C=O) groups is 1. The minimum absolute atomic E-state index is 0.127. The average Bonchev–Trinajstić information content (AvgIpc) is 2.63. The molecule has 0 spiro atoms. The molecule has 0 bridgehead atoms. The highest BCUT2D eigenvalue weighted by molar-refractivity contribution is 5.78. The van der Waals surface area contributed by atoms with E-state index in [1.165, 1.54) is 12.1 Å². The second-order valence-corrected chi connectivity index (χ2v) is 6.11. The lowest BCUT2D eigenvalue weighted by molar-refractivity contribution is -0.125. The molecular weight excluding hydrogens is 321 g/mol.